The highest BCUT2D eigenvalue weighted by Gasteiger charge is 2.38. The van der Waals surface area contributed by atoms with Gasteiger partial charge in [0.15, 0.2) is 0 Å². The van der Waals surface area contributed by atoms with E-state index in [-0.39, 0.29) is 23.2 Å². The Morgan fingerprint density at radius 2 is 1.47 bits per heavy atom. The molecule has 1 fully saturated rings. The van der Waals surface area contributed by atoms with Crippen molar-refractivity contribution >= 4 is 40.7 Å². The van der Waals surface area contributed by atoms with Crippen molar-refractivity contribution < 1.29 is 27.9 Å². The predicted octanol–water partition coefficient (Wildman–Crippen LogP) is 5.69. The molecule has 1 aliphatic rings. The van der Waals surface area contributed by atoms with Crippen LogP contribution in [0.1, 0.15) is 12.0 Å². The van der Waals surface area contributed by atoms with Gasteiger partial charge in [0.25, 0.3) is 5.56 Å². The first kappa shape index (κ1) is 33.0. The fraction of sp³-hybridized carbons (Fsp3) is 0.226. The summed E-state index contributed by atoms with van der Waals surface area (Å²) in [4.78, 5) is 36.3. The molecule has 2 amide bonds. The monoisotopic (exact) mass is 642 g/mol. The number of rotatable bonds is 6. The summed E-state index contributed by atoms with van der Waals surface area (Å²) in [6.07, 6.45) is -2.43. The molecule has 5 rings (SSSR count). The van der Waals surface area contributed by atoms with Crippen LogP contribution < -0.4 is 26.4 Å². The Kier molecular flexibility index (Phi) is 11.2. The first-order valence-corrected chi connectivity index (χ1v) is 14.2. The summed E-state index contributed by atoms with van der Waals surface area (Å²) in [5.41, 5.74) is 4.75. The Morgan fingerprint density at radius 3 is 2.07 bits per heavy atom. The molecular formula is C31H30ClF3N6O4. The molecular weight excluding hydrogens is 613 g/mol. The molecule has 0 radical (unpaired) electrons. The van der Waals surface area contributed by atoms with Gasteiger partial charge in [0.2, 0.25) is 0 Å². The maximum Gasteiger partial charge on any atom is 0.490 e. The molecule has 14 heteroatoms. The van der Waals surface area contributed by atoms with E-state index in [0.717, 1.165) is 49.3 Å². The number of urea groups is 1. The standard InChI is InChI=1S/C29H29ClN6O2.C2HF3O2/c30-27-26(35-17-4-15-31-16-18-35)19-32-36(28(27)37)20-21-7-11-24(12-8-21)33-29(38)34-25-13-9-23(10-14-25)22-5-2-1-3-6-22;3-2(4,5)1(6)7/h1-3,5-14,19,31H,4,15-18,20H2,(H2,33,34,38);(H,6,7). The molecule has 4 aromatic rings. The molecule has 1 aliphatic heterocycles. The lowest BCUT2D eigenvalue weighted by Gasteiger charge is -2.23. The SMILES string of the molecule is O=C(Nc1ccc(Cn2ncc(N3CCCNCC3)c(Cl)c2=O)cc1)Nc1ccc(-c2ccccc2)cc1.O=C(O)C(F)(F)F. The molecule has 0 aliphatic carbocycles. The van der Waals surface area contributed by atoms with Crippen LogP contribution in [0, 0.1) is 0 Å². The van der Waals surface area contributed by atoms with E-state index in [9.17, 15) is 22.8 Å². The Morgan fingerprint density at radius 1 is 0.889 bits per heavy atom. The van der Waals surface area contributed by atoms with Crippen molar-refractivity contribution in [1.82, 2.24) is 15.1 Å². The highest BCUT2D eigenvalue weighted by atomic mass is 35.5. The third-order valence-corrected chi connectivity index (χ3v) is 7.04. The van der Waals surface area contributed by atoms with Crippen LogP contribution in [-0.2, 0) is 11.3 Å². The summed E-state index contributed by atoms with van der Waals surface area (Å²) < 4.78 is 33.1. The zero-order valence-corrected chi connectivity index (χ0v) is 24.6. The zero-order valence-electron chi connectivity index (χ0n) is 23.9. The largest absolute Gasteiger partial charge is 0.490 e. The number of carboxylic acids is 1. The number of carboxylic acid groups (broad SMARTS) is 1. The van der Waals surface area contributed by atoms with Crippen LogP contribution in [0.2, 0.25) is 5.02 Å². The molecule has 0 bridgehead atoms. The smallest absolute Gasteiger partial charge is 0.475 e. The third-order valence-electron chi connectivity index (χ3n) is 6.68. The van der Waals surface area contributed by atoms with Crippen LogP contribution >= 0.6 is 11.6 Å². The fourth-order valence-corrected chi connectivity index (χ4v) is 4.68. The van der Waals surface area contributed by atoms with Crippen LogP contribution in [-0.4, -0.2) is 59.2 Å². The summed E-state index contributed by atoms with van der Waals surface area (Å²) in [7, 11) is 0. The van der Waals surface area contributed by atoms with Gasteiger partial charge < -0.3 is 26.0 Å². The van der Waals surface area contributed by atoms with Crippen LogP contribution in [0.15, 0.2) is 89.9 Å². The normalized spacial score (nSPS) is 13.2. The number of aliphatic carboxylic acids is 1. The molecule has 2 heterocycles. The lowest BCUT2D eigenvalue weighted by molar-refractivity contribution is -0.192. The maximum atomic E-state index is 12.9. The summed E-state index contributed by atoms with van der Waals surface area (Å²) >= 11 is 6.45. The van der Waals surface area contributed by atoms with E-state index >= 15 is 0 Å². The lowest BCUT2D eigenvalue weighted by Crippen LogP contribution is -2.32. The van der Waals surface area contributed by atoms with E-state index in [4.69, 9.17) is 21.5 Å². The number of nitrogens with one attached hydrogen (secondary N) is 3. The molecule has 0 atom stereocenters. The maximum absolute atomic E-state index is 12.9. The van der Waals surface area contributed by atoms with Gasteiger partial charge in [-0.05, 0) is 53.9 Å². The van der Waals surface area contributed by atoms with Crippen molar-refractivity contribution in [2.45, 2.75) is 19.1 Å². The molecule has 45 heavy (non-hydrogen) atoms. The minimum atomic E-state index is -5.08. The highest BCUT2D eigenvalue weighted by molar-refractivity contribution is 6.33. The molecule has 0 spiro atoms. The van der Waals surface area contributed by atoms with Crippen LogP contribution in [0.5, 0.6) is 0 Å². The number of hydrogen-bond acceptors (Lipinski definition) is 6. The van der Waals surface area contributed by atoms with E-state index in [1.807, 2.05) is 66.7 Å². The van der Waals surface area contributed by atoms with Crippen molar-refractivity contribution in [2.75, 3.05) is 41.7 Å². The average Bonchev–Trinajstić information content (AvgIpc) is 3.31. The number of carbonyl (C=O) groups excluding carboxylic acids is 1. The van der Waals surface area contributed by atoms with Crippen molar-refractivity contribution in [2.24, 2.45) is 0 Å². The van der Waals surface area contributed by atoms with Crippen molar-refractivity contribution in [3.05, 3.63) is 106 Å². The number of alkyl halides is 3. The molecule has 1 saturated heterocycles. The fourth-order valence-electron chi connectivity index (χ4n) is 4.41. The number of nitrogens with zero attached hydrogens (tertiary/aromatic N) is 3. The molecule has 236 valence electrons. The molecule has 3 aromatic carbocycles. The minimum Gasteiger partial charge on any atom is -0.475 e. The Labute approximate surface area is 261 Å². The number of hydrogen-bond donors (Lipinski definition) is 4. The van der Waals surface area contributed by atoms with Gasteiger partial charge in [-0.3, -0.25) is 4.79 Å². The topological polar surface area (TPSA) is 129 Å². The van der Waals surface area contributed by atoms with Gasteiger partial charge in [-0.15, -0.1) is 0 Å². The Hall–Kier alpha value is -4.88. The number of benzene rings is 3. The summed E-state index contributed by atoms with van der Waals surface area (Å²) in [5, 5.41) is 20.7. The van der Waals surface area contributed by atoms with E-state index < -0.39 is 12.1 Å². The average molecular weight is 643 g/mol. The highest BCUT2D eigenvalue weighted by Crippen LogP contribution is 2.23. The summed E-state index contributed by atoms with van der Waals surface area (Å²) in [6.45, 7) is 3.69. The van der Waals surface area contributed by atoms with Gasteiger partial charge >= 0.3 is 18.2 Å². The molecule has 0 saturated carbocycles. The van der Waals surface area contributed by atoms with Gasteiger partial charge in [-0.2, -0.15) is 18.3 Å². The second-order valence-corrected chi connectivity index (χ2v) is 10.3. The van der Waals surface area contributed by atoms with E-state index in [1.165, 1.54) is 4.68 Å². The van der Waals surface area contributed by atoms with Crippen molar-refractivity contribution in [3.63, 3.8) is 0 Å². The molecule has 1 aromatic heterocycles. The zero-order chi connectivity index (χ0) is 32.4. The first-order valence-electron chi connectivity index (χ1n) is 13.8. The van der Waals surface area contributed by atoms with Crippen molar-refractivity contribution in [3.8, 4) is 11.1 Å². The van der Waals surface area contributed by atoms with E-state index in [2.05, 4.69) is 25.9 Å². The Bertz CT molecular complexity index is 1640. The van der Waals surface area contributed by atoms with Gasteiger partial charge in [0.05, 0.1) is 18.4 Å². The quantitative estimate of drug-likeness (QED) is 0.213. The van der Waals surface area contributed by atoms with Crippen LogP contribution in [0.4, 0.5) is 35.0 Å². The minimum absolute atomic E-state index is 0.189. The van der Waals surface area contributed by atoms with E-state index in [1.54, 1.807) is 18.3 Å². The summed E-state index contributed by atoms with van der Waals surface area (Å²) in [6, 6.07) is 24.7. The molecule has 10 nitrogen and oxygen atoms in total. The number of halogens is 4. The number of anilines is 3. The summed E-state index contributed by atoms with van der Waals surface area (Å²) in [5.74, 6) is -2.76. The third kappa shape index (κ3) is 9.55. The second-order valence-electron chi connectivity index (χ2n) is 9.92. The lowest BCUT2D eigenvalue weighted by atomic mass is 10.1. The van der Waals surface area contributed by atoms with Crippen LogP contribution in [0.3, 0.4) is 0 Å². The molecule has 4 N–H and O–H groups in total. The van der Waals surface area contributed by atoms with Crippen molar-refractivity contribution in [1.29, 1.82) is 0 Å². The van der Waals surface area contributed by atoms with Gasteiger partial charge in [-0.1, -0.05) is 66.2 Å². The number of aromatic nitrogens is 2. The number of carbonyl (C=O) groups is 2. The molecule has 0 unspecified atom stereocenters. The first-order chi connectivity index (χ1) is 21.5. The van der Waals surface area contributed by atoms with Gasteiger partial charge in [0, 0.05) is 31.0 Å². The van der Waals surface area contributed by atoms with Gasteiger partial charge in [0.1, 0.15) is 5.02 Å². The van der Waals surface area contributed by atoms with Crippen LogP contribution in [0.25, 0.3) is 11.1 Å². The Balaban J connectivity index is 0.000000591. The van der Waals surface area contributed by atoms with E-state index in [0.29, 0.717) is 17.1 Å². The second kappa shape index (κ2) is 15.2. The predicted molar refractivity (Wildman–Crippen MR) is 167 cm³/mol. The number of amides is 2. The van der Waals surface area contributed by atoms with Gasteiger partial charge in [-0.25, -0.2) is 14.3 Å².